The number of nitrogens with one attached hydrogen (secondary N) is 1. The highest BCUT2D eigenvalue weighted by Crippen LogP contribution is 2.20. The SMILES string of the molecule is CC(CO)C(C)NC(CN)c1ccc(OC(F)F)cc1. The maximum atomic E-state index is 12.1. The molecule has 114 valence electrons. The quantitative estimate of drug-likeness (QED) is 0.683. The molecule has 1 aromatic rings. The first-order valence-electron chi connectivity index (χ1n) is 6.59. The van der Waals surface area contributed by atoms with E-state index in [0.717, 1.165) is 5.56 Å². The van der Waals surface area contributed by atoms with E-state index in [1.54, 1.807) is 12.1 Å². The van der Waals surface area contributed by atoms with Gasteiger partial charge in [0.1, 0.15) is 5.75 Å². The fourth-order valence-electron chi connectivity index (χ4n) is 1.82. The highest BCUT2D eigenvalue weighted by molar-refractivity contribution is 5.29. The van der Waals surface area contributed by atoms with Gasteiger partial charge in [-0.1, -0.05) is 19.1 Å². The summed E-state index contributed by atoms with van der Waals surface area (Å²) in [4.78, 5) is 0. The van der Waals surface area contributed by atoms with Crippen LogP contribution in [0.5, 0.6) is 5.75 Å². The lowest BCUT2D eigenvalue weighted by atomic mass is 10.0. The van der Waals surface area contributed by atoms with E-state index >= 15 is 0 Å². The molecule has 0 spiro atoms. The van der Waals surface area contributed by atoms with Gasteiger partial charge in [0.15, 0.2) is 0 Å². The van der Waals surface area contributed by atoms with E-state index in [-0.39, 0.29) is 30.4 Å². The van der Waals surface area contributed by atoms with Crippen LogP contribution >= 0.6 is 0 Å². The van der Waals surface area contributed by atoms with Crippen LogP contribution < -0.4 is 15.8 Å². The van der Waals surface area contributed by atoms with Gasteiger partial charge in [0.05, 0.1) is 0 Å². The summed E-state index contributed by atoms with van der Waals surface area (Å²) in [5, 5.41) is 12.4. The molecule has 20 heavy (non-hydrogen) atoms. The zero-order chi connectivity index (χ0) is 15.1. The Morgan fingerprint density at radius 3 is 2.30 bits per heavy atom. The first kappa shape index (κ1) is 16.8. The molecule has 0 saturated heterocycles. The van der Waals surface area contributed by atoms with Crippen LogP contribution in [0.3, 0.4) is 0 Å². The molecule has 3 unspecified atom stereocenters. The summed E-state index contributed by atoms with van der Waals surface area (Å²) in [5.74, 6) is 0.224. The van der Waals surface area contributed by atoms with Crippen LogP contribution in [-0.2, 0) is 0 Å². The third-order valence-electron chi connectivity index (χ3n) is 3.35. The maximum absolute atomic E-state index is 12.1. The lowest BCUT2D eigenvalue weighted by Crippen LogP contribution is -2.39. The second kappa shape index (κ2) is 8.14. The molecule has 0 aliphatic rings. The van der Waals surface area contributed by atoms with Gasteiger partial charge in [-0.2, -0.15) is 8.78 Å². The normalized spacial score (nSPS) is 15.9. The molecular weight excluding hydrogens is 266 g/mol. The summed E-state index contributed by atoms with van der Waals surface area (Å²) in [5.41, 5.74) is 6.63. The van der Waals surface area contributed by atoms with Crippen LogP contribution in [0.2, 0.25) is 0 Å². The Morgan fingerprint density at radius 2 is 1.85 bits per heavy atom. The van der Waals surface area contributed by atoms with E-state index < -0.39 is 6.61 Å². The van der Waals surface area contributed by atoms with Gasteiger partial charge in [0, 0.05) is 25.2 Å². The first-order valence-corrected chi connectivity index (χ1v) is 6.59. The van der Waals surface area contributed by atoms with Gasteiger partial charge >= 0.3 is 6.61 Å². The van der Waals surface area contributed by atoms with Gasteiger partial charge in [-0.05, 0) is 30.5 Å². The Balaban J connectivity index is 2.70. The zero-order valence-corrected chi connectivity index (χ0v) is 11.7. The van der Waals surface area contributed by atoms with Crippen molar-refractivity contribution in [1.82, 2.24) is 5.32 Å². The van der Waals surface area contributed by atoms with Gasteiger partial charge < -0.3 is 20.9 Å². The van der Waals surface area contributed by atoms with E-state index in [9.17, 15) is 8.78 Å². The third-order valence-corrected chi connectivity index (χ3v) is 3.35. The van der Waals surface area contributed by atoms with Crippen molar-refractivity contribution in [1.29, 1.82) is 0 Å². The molecule has 4 nitrogen and oxygen atoms in total. The molecule has 6 heteroatoms. The number of ether oxygens (including phenoxy) is 1. The van der Waals surface area contributed by atoms with E-state index in [1.165, 1.54) is 12.1 Å². The van der Waals surface area contributed by atoms with Crippen LogP contribution in [0.15, 0.2) is 24.3 Å². The van der Waals surface area contributed by atoms with Crippen molar-refractivity contribution in [3.63, 3.8) is 0 Å². The number of hydrogen-bond donors (Lipinski definition) is 3. The number of nitrogens with two attached hydrogens (primary N) is 1. The summed E-state index contributed by atoms with van der Waals surface area (Å²) in [6.07, 6.45) is 0. The Morgan fingerprint density at radius 1 is 1.25 bits per heavy atom. The minimum absolute atomic E-state index is 0.0885. The van der Waals surface area contributed by atoms with Crippen LogP contribution in [0.1, 0.15) is 25.5 Å². The second-order valence-corrected chi connectivity index (χ2v) is 4.85. The third kappa shape index (κ3) is 5.03. The summed E-state index contributed by atoms with van der Waals surface area (Å²) >= 11 is 0. The minimum atomic E-state index is -2.82. The molecule has 0 radical (unpaired) electrons. The van der Waals surface area contributed by atoms with E-state index in [4.69, 9.17) is 10.8 Å². The standard InChI is InChI=1S/C14H22F2N2O2/c1-9(8-19)10(2)18-13(7-17)11-3-5-12(6-4-11)20-14(15)16/h3-6,9-10,13-14,18-19H,7-8,17H2,1-2H3. The van der Waals surface area contributed by atoms with Gasteiger partial charge in [0.2, 0.25) is 0 Å². The minimum Gasteiger partial charge on any atom is -0.435 e. The van der Waals surface area contributed by atoms with Gasteiger partial charge in [-0.25, -0.2) is 0 Å². The molecule has 4 N–H and O–H groups in total. The van der Waals surface area contributed by atoms with Crippen molar-refractivity contribution < 1.29 is 18.6 Å². The predicted molar refractivity (Wildman–Crippen MR) is 73.7 cm³/mol. The van der Waals surface area contributed by atoms with Crippen molar-refractivity contribution in [3.05, 3.63) is 29.8 Å². The summed E-state index contributed by atoms with van der Waals surface area (Å²) in [7, 11) is 0. The number of halogens is 2. The number of rotatable bonds is 8. The lowest BCUT2D eigenvalue weighted by molar-refractivity contribution is -0.0498. The Bertz CT molecular complexity index is 387. The number of benzene rings is 1. The fraction of sp³-hybridized carbons (Fsp3) is 0.571. The molecule has 0 aliphatic carbocycles. The smallest absolute Gasteiger partial charge is 0.387 e. The monoisotopic (exact) mass is 288 g/mol. The molecule has 1 rings (SSSR count). The van der Waals surface area contributed by atoms with E-state index in [2.05, 4.69) is 10.1 Å². The number of hydrogen-bond acceptors (Lipinski definition) is 4. The van der Waals surface area contributed by atoms with Gasteiger partial charge in [-0.15, -0.1) is 0 Å². The van der Waals surface area contributed by atoms with Crippen molar-refractivity contribution in [2.24, 2.45) is 11.7 Å². The molecule has 0 amide bonds. The van der Waals surface area contributed by atoms with Crippen molar-refractivity contribution in [3.8, 4) is 5.75 Å². The number of alkyl halides is 2. The first-order chi connectivity index (χ1) is 9.47. The maximum Gasteiger partial charge on any atom is 0.387 e. The highest BCUT2D eigenvalue weighted by Gasteiger charge is 2.17. The molecule has 0 heterocycles. The van der Waals surface area contributed by atoms with Gasteiger partial charge in [-0.3, -0.25) is 0 Å². The summed E-state index contributed by atoms with van der Waals surface area (Å²) in [6, 6.07) is 6.39. The Hall–Kier alpha value is -1.24. The van der Waals surface area contributed by atoms with Crippen LogP contribution in [0, 0.1) is 5.92 Å². The number of aliphatic hydroxyl groups excluding tert-OH is 1. The molecule has 1 aromatic carbocycles. The summed E-state index contributed by atoms with van der Waals surface area (Å²) < 4.78 is 28.4. The molecule has 0 aliphatic heterocycles. The average Bonchev–Trinajstić information content (AvgIpc) is 2.44. The largest absolute Gasteiger partial charge is 0.435 e. The van der Waals surface area contributed by atoms with E-state index in [0.29, 0.717) is 6.54 Å². The van der Waals surface area contributed by atoms with Crippen LogP contribution in [0.25, 0.3) is 0 Å². The number of aliphatic hydroxyl groups is 1. The molecule has 0 fully saturated rings. The predicted octanol–water partition coefficient (Wildman–Crippen LogP) is 1.89. The highest BCUT2D eigenvalue weighted by atomic mass is 19.3. The Kier molecular flexibility index (Phi) is 6.84. The molecule has 3 atom stereocenters. The van der Waals surface area contributed by atoms with E-state index in [1.807, 2.05) is 13.8 Å². The van der Waals surface area contributed by atoms with Crippen LogP contribution in [-0.4, -0.2) is 30.9 Å². The fourth-order valence-corrected chi connectivity index (χ4v) is 1.82. The van der Waals surface area contributed by atoms with Crippen molar-refractivity contribution in [2.45, 2.75) is 32.5 Å². The zero-order valence-electron chi connectivity index (χ0n) is 11.7. The molecule has 0 aromatic heterocycles. The average molecular weight is 288 g/mol. The topological polar surface area (TPSA) is 67.5 Å². The van der Waals surface area contributed by atoms with Gasteiger partial charge in [0.25, 0.3) is 0 Å². The Labute approximate surface area is 117 Å². The molecule has 0 saturated carbocycles. The lowest BCUT2D eigenvalue weighted by Gasteiger charge is -2.26. The van der Waals surface area contributed by atoms with Crippen molar-refractivity contribution >= 4 is 0 Å². The van der Waals surface area contributed by atoms with Crippen LogP contribution in [0.4, 0.5) is 8.78 Å². The summed E-state index contributed by atoms with van der Waals surface area (Å²) in [6.45, 7) is 1.54. The molecular formula is C14H22F2N2O2. The van der Waals surface area contributed by atoms with Crippen molar-refractivity contribution in [2.75, 3.05) is 13.2 Å². The molecule has 0 bridgehead atoms. The second-order valence-electron chi connectivity index (χ2n) is 4.85.